The number of ether oxygens (including phenoxy) is 1. The predicted octanol–water partition coefficient (Wildman–Crippen LogP) is -0.699. The first-order chi connectivity index (χ1) is 5.49. The van der Waals surface area contributed by atoms with E-state index >= 15 is 0 Å². The molecular weight excluding hydrogens is 162 g/mol. The molecule has 0 aromatic carbocycles. The van der Waals surface area contributed by atoms with Gasteiger partial charge in [0, 0.05) is 0 Å². The van der Waals surface area contributed by atoms with Gasteiger partial charge in [-0.05, 0) is 13.8 Å². The predicted molar refractivity (Wildman–Crippen MR) is 40.7 cm³/mol. The fraction of sp³-hybridized carbons (Fsp3) is 0.429. The first-order valence-corrected chi connectivity index (χ1v) is 3.27. The summed E-state index contributed by atoms with van der Waals surface area (Å²) in [5.41, 5.74) is 5.07. The minimum Gasteiger partial charge on any atom is -0.429 e. The van der Waals surface area contributed by atoms with Crippen LogP contribution in [0.2, 0.25) is 0 Å². The molecule has 0 heterocycles. The molecule has 0 aromatic heterocycles. The monoisotopic (exact) mass is 173 g/mol. The number of primary amides is 1. The summed E-state index contributed by atoms with van der Waals surface area (Å²) in [4.78, 5) is 21.0. The Balaban J connectivity index is 4.37. The fourth-order valence-electron chi connectivity index (χ4n) is 0.453. The molecule has 0 atom stereocenters. The van der Waals surface area contributed by atoms with E-state index in [9.17, 15) is 9.59 Å². The molecule has 0 rings (SSSR count). The summed E-state index contributed by atoms with van der Waals surface area (Å²) in [5, 5.41) is 8.29. The van der Waals surface area contributed by atoms with Crippen molar-refractivity contribution >= 4 is 11.9 Å². The van der Waals surface area contributed by atoms with E-state index < -0.39 is 18.5 Å². The van der Waals surface area contributed by atoms with Gasteiger partial charge in [0.2, 0.25) is 5.91 Å². The van der Waals surface area contributed by atoms with Gasteiger partial charge in [-0.15, -0.1) is 0 Å². The molecule has 0 unspecified atom stereocenters. The second kappa shape index (κ2) is 4.50. The van der Waals surface area contributed by atoms with Crippen LogP contribution >= 0.6 is 0 Å². The molecule has 0 radical (unpaired) electrons. The molecule has 0 spiro atoms. The highest BCUT2D eigenvalue weighted by Crippen LogP contribution is 2.03. The first-order valence-electron chi connectivity index (χ1n) is 3.27. The van der Waals surface area contributed by atoms with Gasteiger partial charge in [0.1, 0.15) is 12.4 Å². The van der Waals surface area contributed by atoms with Crippen LogP contribution in [-0.4, -0.2) is 23.6 Å². The SMILES string of the molecule is C/C(OC(=O)CO)=C(\C)C(N)=O. The average molecular weight is 173 g/mol. The second-order valence-corrected chi connectivity index (χ2v) is 2.18. The zero-order chi connectivity index (χ0) is 9.72. The topological polar surface area (TPSA) is 89.6 Å². The zero-order valence-corrected chi connectivity index (χ0v) is 6.96. The van der Waals surface area contributed by atoms with Gasteiger partial charge in [-0.25, -0.2) is 4.79 Å². The number of rotatable bonds is 3. The maximum atomic E-state index is 10.5. The third-order valence-electron chi connectivity index (χ3n) is 1.29. The second-order valence-electron chi connectivity index (χ2n) is 2.18. The van der Waals surface area contributed by atoms with Gasteiger partial charge in [-0.2, -0.15) is 0 Å². The quantitative estimate of drug-likeness (QED) is 0.335. The van der Waals surface area contributed by atoms with Crippen molar-refractivity contribution in [2.45, 2.75) is 13.8 Å². The Morgan fingerprint density at radius 3 is 2.25 bits per heavy atom. The molecule has 1 amide bonds. The summed E-state index contributed by atoms with van der Waals surface area (Å²) < 4.78 is 4.51. The Labute approximate surface area is 69.8 Å². The van der Waals surface area contributed by atoms with Crippen LogP contribution in [-0.2, 0) is 14.3 Å². The van der Waals surface area contributed by atoms with Crippen molar-refractivity contribution in [2.24, 2.45) is 5.73 Å². The number of carbonyl (C=O) groups excluding carboxylic acids is 2. The number of carbonyl (C=O) groups is 2. The van der Waals surface area contributed by atoms with E-state index in [1.807, 2.05) is 0 Å². The van der Waals surface area contributed by atoms with E-state index in [2.05, 4.69) is 4.74 Å². The Hall–Kier alpha value is -1.36. The summed E-state index contributed by atoms with van der Waals surface area (Å²) in [6, 6.07) is 0. The van der Waals surface area contributed by atoms with Crippen molar-refractivity contribution in [3.05, 3.63) is 11.3 Å². The number of esters is 1. The van der Waals surface area contributed by atoms with E-state index in [1.54, 1.807) is 0 Å². The van der Waals surface area contributed by atoms with Crippen LogP contribution in [0, 0.1) is 0 Å². The normalized spacial score (nSPS) is 11.9. The van der Waals surface area contributed by atoms with Gasteiger partial charge < -0.3 is 15.6 Å². The number of allylic oxidation sites excluding steroid dienone is 1. The van der Waals surface area contributed by atoms with Crippen LogP contribution in [0.3, 0.4) is 0 Å². The zero-order valence-electron chi connectivity index (χ0n) is 6.96. The lowest BCUT2D eigenvalue weighted by Crippen LogP contribution is -2.16. The van der Waals surface area contributed by atoms with E-state index in [4.69, 9.17) is 10.8 Å². The third kappa shape index (κ3) is 3.16. The highest BCUT2D eigenvalue weighted by molar-refractivity contribution is 5.92. The number of hydrogen-bond acceptors (Lipinski definition) is 4. The summed E-state index contributed by atoms with van der Waals surface area (Å²) >= 11 is 0. The van der Waals surface area contributed by atoms with Gasteiger partial charge in [0.25, 0.3) is 0 Å². The van der Waals surface area contributed by atoms with E-state index in [-0.39, 0.29) is 11.3 Å². The van der Waals surface area contributed by atoms with E-state index in [1.165, 1.54) is 13.8 Å². The molecule has 0 saturated heterocycles. The van der Waals surface area contributed by atoms with Crippen LogP contribution in [0.4, 0.5) is 0 Å². The van der Waals surface area contributed by atoms with Crippen molar-refractivity contribution in [3.8, 4) is 0 Å². The lowest BCUT2D eigenvalue weighted by atomic mass is 10.2. The maximum absolute atomic E-state index is 10.5. The summed E-state index contributed by atoms with van der Waals surface area (Å²) in [5.74, 6) is -1.35. The van der Waals surface area contributed by atoms with Crippen molar-refractivity contribution in [3.63, 3.8) is 0 Å². The Bertz CT molecular complexity index is 232. The molecular formula is C7H11NO4. The van der Waals surface area contributed by atoms with E-state index in [0.717, 1.165) is 0 Å². The lowest BCUT2D eigenvalue weighted by Gasteiger charge is -2.04. The minimum absolute atomic E-state index is 0.113. The van der Waals surface area contributed by atoms with Crippen LogP contribution in [0.5, 0.6) is 0 Å². The smallest absolute Gasteiger partial charge is 0.336 e. The molecule has 0 aliphatic heterocycles. The average Bonchev–Trinajstić information content (AvgIpc) is 2.02. The molecule has 0 fully saturated rings. The van der Waals surface area contributed by atoms with Gasteiger partial charge in [0.15, 0.2) is 0 Å². The van der Waals surface area contributed by atoms with Gasteiger partial charge >= 0.3 is 5.97 Å². The summed E-state index contributed by atoms with van der Waals surface area (Å²) in [7, 11) is 0. The molecule has 0 aliphatic rings. The van der Waals surface area contributed by atoms with Crippen molar-refractivity contribution in [1.82, 2.24) is 0 Å². The Morgan fingerprint density at radius 1 is 1.42 bits per heavy atom. The molecule has 68 valence electrons. The Kier molecular flexibility index (Phi) is 3.99. The van der Waals surface area contributed by atoms with Gasteiger partial charge in [-0.1, -0.05) is 0 Å². The molecule has 0 aromatic rings. The summed E-state index contributed by atoms with van der Waals surface area (Å²) in [6.07, 6.45) is 0. The molecule has 5 nitrogen and oxygen atoms in total. The van der Waals surface area contributed by atoms with Crippen molar-refractivity contribution in [2.75, 3.05) is 6.61 Å². The number of aliphatic hydroxyl groups is 1. The Morgan fingerprint density at radius 2 is 1.92 bits per heavy atom. The van der Waals surface area contributed by atoms with Gasteiger partial charge in [0.05, 0.1) is 5.57 Å². The van der Waals surface area contributed by atoms with Gasteiger partial charge in [-0.3, -0.25) is 4.79 Å². The van der Waals surface area contributed by atoms with Crippen LogP contribution < -0.4 is 5.73 Å². The molecule has 0 bridgehead atoms. The van der Waals surface area contributed by atoms with Crippen molar-refractivity contribution < 1.29 is 19.4 Å². The standard InChI is InChI=1S/C7H11NO4/c1-4(7(8)11)5(2)12-6(10)3-9/h9H,3H2,1-2H3,(H2,8,11)/b5-4-. The first kappa shape index (κ1) is 10.6. The van der Waals surface area contributed by atoms with E-state index in [0.29, 0.717) is 0 Å². The number of amides is 1. The molecule has 0 saturated carbocycles. The number of nitrogens with two attached hydrogens (primary N) is 1. The summed E-state index contributed by atoms with van der Waals surface area (Å²) in [6.45, 7) is 2.14. The largest absolute Gasteiger partial charge is 0.429 e. The molecule has 5 heteroatoms. The van der Waals surface area contributed by atoms with Crippen LogP contribution in [0.25, 0.3) is 0 Å². The van der Waals surface area contributed by atoms with Crippen molar-refractivity contribution in [1.29, 1.82) is 0 Å². The highest BCUT2D eigenvalue weighted by atomic mass is 16.5. The lowest BCUT2D eigenvalue weighted by molar-refractivity contribution is -0.142. The fourth-order valence-corrected chi connectivity index (χ4v) is 0.453. The highest BCUT2D eigenvalue weighted by Gasteiger charge is 2.07. The van der Waals surface area contributed by atoms with Crippen LogP contribution in [0.1, 0.15) is 13.8 Å². The number of hydrogen-bond donors (Lipinski definition) is 2. The minimum atomic E-state index is -0.812. The molecule has 12 heavy (non-hydrogen) atoms. The third-order valence-corrected chi connectivity index (χ3v) is 1.29. The number of aliphatic hydroxyl groups excluding tert-OH is 1. The maximum Gasteiger partial charge on any atom is 0.336 e. The molecule has 0 aliphatic carbocycles. The van der Waals surface area contributed by atoms with Crippen LogP contribution in [0.15, 0.2) is 11.3 Å². The molecule has 3 N–H and O–H groups in total.